The molecule has 0 fully saturated rings. The molecular weight excluding hydrogens is 470 g/mol. The topological polar surface area (TPSA) is 68.8 Å². The van der Waals surface area contributed by atoms with Gasteiger partial charge in [-0.25, -0.2) is 4.79 Å². The standard InChI is InChI=1S/C22H14F6N2O4/c23-21(24,25)12-7-13(22(26,27)28)9-15(8-12)30-20(31)29-14-1-3-16(4-2-14)34-17-5-6-18-19(10-17)33-11-32-18/h1-10H,11H2,(H2,29,30,31). The third kappa shape index (κ3) is 5.45. The monoisotopic (exact) mass is 484 g/mol. The number of ether oxygens (including phenoxy) is 3. The van der Waals surface area contributed by atoms with E-state index in [9.17, 15) is 31.1 Å². The van der Waals surface area contributed by atoms with Crippen molar-refractivity contribution in [1.82, 2.24) is 0 Å². The van der Waals surface area contributed by atoms with Gasteiger partial charge in [0.05, 0.1) is 11.1 Å². The quantitative estimate of drug-likeness (QED) is 0.396. The fourth-order valence-electron chi connectivity index (χ4n) is 3.00. The first-order valence-corrected chi connectivity index (χ1v) is 9.52. The normalized spacial score (nSPS) is 12.9. The fraction of sp³-hybridized carbons (Fsp3) is 0.136. The predicted molar refractivity (Wildman–Crippen MR) is 108 cm³/mol. The lowest BCUT2D eigenvalue weighted by Gasteiger charge is -2.15. The van der Waals surface area contributed by atoms with Gasteiger partial charge in [0, 0.05) is 17.4 Å². The second kappa shape index (κ2) is 8.69. The van der Waals surface area contributed by atoms with Crippen LogP contribution < -0.4 is 24.8 Å². The molecule has 3 aromatic carbocycles. The van der Waals surface area contributed by atoms with Crippen LogP contribution in [-0.4, -0.2) is 12.8 Å². The maximum absolute atomic E-state index is 13.0. The molecule has 2 N–H and O–H groups in total. The molecule has 0 unspecified atom stereocenters. The first-order valence-electron chi connectivity index (χ1n) is 9.52. The van der Waals surface area contributed by atoms with Crippen molar-refractivity contribution < 1.29 is 45.3 Å². The van der Waals surface area contributed by atoms with Gasteiger partial charge in [-0.15, -0.1) is 0 Å². The third-order valence-corrected chi connectivity index (χ3v) is 4.54. The molecule has 0 spiro atoms. The van der Waals surface area contributed by atoms with E-state index in [1.54, 1.807) is 18.2 Å². The van der Waals surface area contributed by atoms with Crippen LogP contribution >= 0.6 is 0 Å². The van der Waals surface area contributed by atoms with Gasteiger partial charge < -0.3 is 24.8 Å². The molecule has 178 valence electrons. The summed E-state index contributed by atoms with van der Waals surface area (Å²) in [6.45, 7) is 0.110. The number of anilines is 2. The summed E-state index contributed by atoms with van der Waals surface area (Å²) in [4.78, 5) is 12.1. The van der Waals surface area contributed by atoms with Crippen molar-refractivity contribution in [2.24, 2.45) is 0 Å². The van der Waals surface area contributed by atoms with E-state index < -0.39 is 35.2 Å². The lowest BCUT2D eigenvalue weighted by Crippen LogP contribution is -2.20. The third-order valence-electron chi connectivity index (χ3n) is 4.54. The molecule has 12 heteroatoms. The first-order chi connectivity index (χ1) is 16.0. The summed E-state index contributed by atoms with van der Waals surface area (Å²) in [6.07, 6.45) is -10.1. The van der Waals surface area contributed by atoms with Gasteiger partial charge in [-0.05, 0) is 54.6 Å². The fourth-order valence-corrected chi connectivity index (χ4v) is 3.00. The zero-order valence-corrected chi connectivity index (χ0v) is 16.9. The van der Waals surface area contributed by atoms with Crippen LogP contribution in [0.4, 0.5) is 42.5 Å². The number of carbonyl (C=O) groups is 1. The molecule has 0 saturated heterocycles. The molecule has 2 amide bonds. The Kier molecular flexibility index (Phi) is 5.90. The molecule has 0 atom stereocenters. The largest absolute Gasteiger partial charge is 0.457 e. The molecule has 6 nitrogen and oxygen atoms in total. The van der Waals surface area contributed by atoms with E-state index in [1.807, 2.05) is 5.32 Å². The highest BCUT2D eigenvalue weighted by Gasteiger charge is 2.37. The second-order valence-corrected chi connectivity index (χ2v) is 7.02. The highest BCUT2D eigenvalue weighted by Crippen LogP contribution is 2.38. The van der Waals surface area contributed by atoms with E-state index >= 15 is 0 Å². The molecule has 1 heterocycles. The van der Waals surface area contributed by atoms with Crippen LogP contribution in [0.15, 0.2) is 60.7 Å². The molecule has 0 bridgehead atoms. The van der Waals surface area contributed by atoms with Gasteiger partial charge in [0.1, 0.15) is 11.5 Å². The van der Waals surface area contributed by atoms with Gasteiger partial charge in [0.2, 0.25) is 6.79 Å². The molecule has 0 radical (unpaired) electrons. The van der Waals surface area contributed by atoms with Crippen molar-refractivity contribution in [3.63, 3.8) is 0 Å². The van der Waals surface area contributed by atoms with Gasteiger partial charge in [-0.3, -0.25) is 0 Å². The average Bonchev–Trinajstić information content (AvgIpc) is 3.21. The number of nitrogens with one attached hydrogen (secondary N) is 2. The zero-order valence-electron chi connectivity index (χ0n) is 16.9. The highest BCUT2D eigenvalue weighted by molar-refractivity contribution is 5.99. The van der Waals surface area contributed by atoms with Crippen LogP contribution in [0, 0.1) is 0 Å². The smallest absolute Gasteiger partial charge is 0.416 e. The molecule has 1 aliphatic heterocycles. The van der Waals surface area contributed by atoms with Crippen LogP contribution in [0.5, 0.6) is 23.0 Å². The molecule has 3 aromatic rings. The number of amides is 2. The molecular formula is C22H14F6N2O4. The van der Waals surface area contributed by atoms with Crippen molar-refractivity contribution in [2.75, 3.05) is 17.4 Å². The van der Waals surface area contributed by atoms with E-state index in [0.29, 0.717) is 35.1 Å². The lowest BCUT2D eigenvalue weighted by molar-refractivity contribution is -0.143. The van der Waals surface area contributed by atoms with Crippen molar-refractivity contribution in [2.45, 2.75) is 12.4 Å². The van der Waals surface area contributed by atoms with Crippen LogP contribution in [0.25, 0.3) is 0 Å². The molecule has 1 aliphatic rings. The summed E-state index contributed by atoms with van der Waals surface area (Å²) in [5.74, 6) is 1.97. The Morgan fingerprint density at radius 3 is 1.88 bits per heavy atom. The van der Waals surface area contributed by atoms with Gasteiger partial charge in [0.15, 0.2) is 11.5 Å². The minimum absolute atomic E-state index is 0.0258. The van der Waals surface area contributed by atoms with E-state index in [0.717, 1.165) is 0 Å². The van der Waals surface area contributed by atoms with Crippen LogP contribution in [0.1, 0.15) is 11.1 Å². The SMILES string of the molecule is O=C(Nc1ccc(Oc2ccc3c(c2)OCO3)cc1)Nc1cc(C(F)(F)F)cc(C(F)(F)F)c1. The van der Waals surface area contributed by atoms with E-state index in [-0.39, 0.29) is 18.5 Å². The molecule has 34 heavy (non-hydrogen) atoms. The summed E-state index contributed by atoms with van der Waals surface area (Å²) in [7, 11) is 0. The van der Waals surface area contributed by atoms with Crippen molar-refractivity contribution in [1.29, 1.82) is 0 Å². The summed E-state index contributed by atoms with van der Waals surface area (Å²) in [5, 5.41) is 4.31. The number of hydrogen-bond acceptors (Lipinski definition) is 4. The number of fused-ring (bicyclic) bond motifs is 1. The minimum Gasteiger partial charge on any atom is -0.457 e. The zero-order chi connectivity index (χ0) is 24.5. The molecule has 0 saturated carbocycles. The Morgan fingerprint density at radius 2 is 1.26 bits per heavy atom. The first kappa shape index (κ1) is 23.1. The number of benzene rings is 3. The summed E-state index contributed by atoms with van der Waals surface area (Å²) in [5.41, 5.74) is -3.52. The number of urea groups is 1. The molecule has 0 aliphatic carbocycles. The second-order valence-electron chi connectivity index (χ2n) is 7.02. The average molecular weight is 484 g/mol. The van der Waals surface area contributed by atoms with Gasteiger partial charge >= 0.3 is 18.4 Å². The van der Waals surface area contributed by atoms with E-state index in [1.165, 1.54) is 24.3 Å². The Morgan fingerprint density at radius 1 is 0.706 bits per heavy atom. The van der Waals surface area contributed by atoms with Crippen LogP contribution in [0.3, 0.4) is 0 Å². The summed E-state index contributed by atoms with van der Waals surface area (Å²) < 4.78 is 93.9. The minimum atomic E-state index is -5.03. The number of alkyl halides is 6. The Balaban J connectivity index is 1.42. The number of carbonyl (C=O) groups excluding carboxylic acids is 1. The van der Waals surface area contributed by atoms with Crippen molar-refractivity contribution in [3.8, 4) is 23.0 Å². The molecule has 4 rings (SSSR count). The van der Waals surface area contributed by atoms with E-state index in [2.05, 4.69) is 5.32 Å². The van der Waals surface area contributed by atoms with Crippen LogP contribution in [-0.2, 0) is 12.4 Å². The van der Waals surface area contributed by atoms with Gasteiger partial charge in [-0.1, -0.05) is 0 Å². The van der Waals surface area contributed by atoms with Gasteiger partial charge in [0.25, 0.3) is 0 Å². The highest BCUT2D eigenvalue weighted by atomic mass is 19.4. The number of rotatable bonds is 4. The summed E-state index contributed by atoms with van der Waals surface area (Å²) >= 11 is 0. The maximum Gasteiger partial charge on any atom is 0.416 e. The predicted octanol–water partition coefficient (Wildman–Crippen LogP) is 6.89. The number of hydrogen-bond donors (Lipinski definition) is 2. The molecule has 0 aromatic heterocycles. The Bertz CT molecular complexity index is 1180. The van der Waals surface area contributed by atoms with Crippen molar-refractivity contribution in [3.05, 3.63) is 71.8 Å². The van der Waals surface area contributed by atoms with E-state index in [4.69, 9.17) is 14.2 Å². The number of halogens is 6. The van der Waals surface area contributed by atoms with Crippen molar-refractivity contribution >= 4 is 17.4 Å². The van der Waals surface area contributed by atoms with Crippen LogP contribution in [0.2, 0.25) is 0 Å². The Hall–Kier alpha value is -4.09. The van der Waals surface area contributed by atoms with Gasteiger partial charge in [-0.2, -0.15) is 26.3 Å². The summed E-state index contributed by atoms with van der Waals surface area (Å²) in [6, 6.07) is 10.6. The maximum atomic E-state index is 13.0. The Labute approximate surface area is 188 Å². The lowest BCUT2D eigenvalue weighted by atomic mass is 10.1.